The minimum Gasteiger partial charge on any atom is -0.303 e. The topological polar surface area (TPSA) is 20.3 Å². The number of benzene rings is 1. The second kappa shape index (κ2) is 6.10. The van der Waals surface area contributed by atoms with E-state index in [1.54, 1.807) is 12.1 Å². The van der Waals surface area contributed by atoms with Crippen LogP contribution in [0.3, 0.4) is 0 Å². The van der Waals surface area contributed by atoms with Crippen LogP contribution in [0.5, 0.6) is 0 Å². The van der Waals surface area contributed by atoms with Gasteiger partial charge in [0.1, 0.15) is 5.82 Å². The summed E-state index contributed by atoms with van der Waals surface area (Å²) in [6.07, 6.45) is 3.02. The van der Waals surface area contributed by atoms with Crippen LogP contribution >= 0.6 is 0 Å². The Balaban J connectivity index is 1.93. The molecule has 1 aliphatic heterocycles. The second-order valence-electron chi connectivity index (χ2n) is 4.99. The maximum atomic E-state index is 12.8. The van der Waals surface area contributed by atoms with E-state index in [0.717, 1.165) is 38.9 Å². The van der Waals surface area contributed by atoms with Crippen LogP contribution in [-0.2, 0) is 0 Å². The molecule has 1 aromatic rings. The molecule has 18 heavy (non-hydrogen) atoms. The molecular weight excluding hydrogens is 229 g/mol. The first-order valence-electron chi connectivity index (χ1n) is 6.73. The zero-order valence-electron chi connectivity index (χ0n) is 10.9. The molecule has 0 unspecified atom stereocenters. The highest BCUT2D eigenvalue weighted by Gasteiger charge is 2.25. The van der Waals surface area contributed by atoms with Crippen LogP contribution in [0.4, 0.5) is 4.39 Å². The van der Waals surface area contributed by atoms with E-state index in [2.05, 4.69) is 11.8 Å². The average molecular weight is 249 g/mol. The van der Waals surface area contributed by atoms with Gasteiger partial charge in [-0.1, -0.05) is 6.92 Å². The van der Waals surface area contributed by atoms with Gasteiger partial charge in [0, 0.05) is 11.5 Å². The fourth-order valence-corrected chi connectivity index (χ4v) is 2.58. The van der Waals surface area contributed by atoms with Gasteiger partial charge in [0.2, 0.25) is 0 Å². The third-order valence-electron chi connectivity index (χ3n) is 3.63. The maximum Gasteiger partial charge on any atom is 0.166 e. The van der Waals surface area contributed by atoms with E-state index in [-0.39, 0.29) is 17.5 Å². The van der Waals surface area contributed by atoms with Crippen molar-refractivity contribution in [2.45, 2.75) is 26.2 Å². The molecule has 98 valence electrons. The van der Waals surface area contributed by atoms with Gasteiger partial charge in [0.05, 0.1) is 0 Å². The van der Waals surface area contributed by atoms with E-state index in [0.29, 0.717) is 5.56 Å². The zero-order valence-corrected chi connectivity index (χ0v) is 10.9. The normalized spacial score (nSPS) is 17.9. The van der Waals surface area contributed by atoms with Crippen molar-refractivity contribution in [3.05, 3.63) is 35.6 Å². The Morgan fingerprint density at radius 2 is 1.89 bits per heavy atom. The Hall–Kier alpha value is -1.22. The van der Waals surface area contributed by atoms with Crippen molar-refractivity contribution in [3.63, 3.8) is 0 Å². The number of halogens is 1. The summed E-state index contributed by atoms with van der Waals surface area (Å²) in [6.45, 7) is 5.31. The molecule has 0 amide bonds. The van der Waals surface area contributed by atoms with Crippen molar-refractivity contribution in [2.75, 3.05) is 19.6 Å². The minimum absolute atomic E-state index is 0.114. The van der Waals surface area contributed by atoms with Crippen LogP contribution in [0.1, 0.15) is 36.5 Å². The van der Waals surface area contributed by atoms with Crippen LogP contribution in [0.15, 0.2) is 24.3 Å². The lowest BCUT2D eigenvalue weighted by Crippen LogP contribution is -2.36. The molecular formula is C15H20FNO. The van der Waals surface area contributed by atoms with Gasteiger partial charge in [-0.3, -0.25) is 4.79 Å². The SMILES string of the molecule is CCCN1CCC(C(=O)c2ccc(F)cc2)CC1. The number of rotatable bonds is 4. The molecule has 1 aliphatic rings. The van der Waals surface area contributed by atoms with Crippen LogP contribution in [0, 0.1) is 11.7 Å². The van der Waals surface area contributed by atoms with Gasteiger partial charge in [-0.05, 0) is 63.2 Å². The standard InChI is InChI=1S/C15H20FNO/c1-2-9-17-10-7-13(8-11-17)15(18)12-3-5-14(16)6-4-12/h3-6,13H,2,7-11H2,1H3. The first-order valence-corrected chi connectivity index (χ1v) is 6.73. The number of piperidine rings is 1. The largest absolute Gasteiger partial charge is 0.303 e. The Morgan fingerprint density at radius 3 is 2.44 bits per heavy atom. The third-order valence-corrected chi connectivity index (χ3v) is 3.63. The number of ketones is 1. The Labute approximate surface area is 108 Å². The predicted octanol–water partition coefficient (Wildman–Crippen LogP) is 3.13. The van der Waals surface area contributed by atoms with Gasteiger partial charge >= 0.3 is 0 Å². The molecule has 0 radical (unpaired) electrons. The number of hydrogen-bond donors (Lipinski definition) is 0. The number of hydrogen-bond acceptors (Lipinski definition) is 2. The van der Waals surface area contributed by atoms with E-state index < -0.39 is 0 Å². The molecule has 2 nitrogen and oxygen atoms in total. The Kier molecular flexibility index (Phi) is 4.48. The van der Waals surface area contributed by atoms with Crippen LogP contribution in [-0.4, -0.2) is 30.3 Å². The summed E-state index contributed by atoms with van der Waals surface area (Å²) < 4.78 is 12.8. The summed E-state index contributed by atoms with van der Waals surface area (Å²) in [5, 5.41) is 0. The van der Waals surface area contributed by atoms with Crippen LogP contribution in [0.2, 0.25) is 0 Å². The van der Waals surface area contributed by atoms with Crippen molar-refractivity contribution in [1.29, 1.82) is 0 Å². The summed E-state index contributed by atoms with van der Waals surface area (Å²) in [7, 11) is 0. The van der Waals surface area contributed by atoms with Gasteiger partial charge in [-0.15, -0.1) is 0 Å². The Bertz CT molecular complexity index is 393. The second-order valence-corrected chi connectivity index (χ2v) is 4.99. The van der Waals surface area contributed by atoms with Crippen molar-refractivity contribution < 1.29 is 9.18 Å². The number of carbonyl (C=O) groups is 1. The summed E-state index contributed by atoms with van der Waals surface area (Å²) in [5.41, 5.74) is 0.644. The fraction of sp³-hybridized carbons (Fsp3) is 0.533. The number of nitrogens with zero attached hydrogens (tertiary/aromatic N) is 1. The molecule has 1 fully saturated rings. The van der Waals surface area contributed by atoms with Crippen molar-refractivity contribution in [3.8, 4) is 0 Å². The molecule has 3 heteroatoms. The summed E-state index contributed by atoms with van der Waals surface area (Å²) in [4.78, 5) is 14.6. The van der Waals surface area contributed by atoms with Gasteiger partial charge in [0.15, 0.2) is 5.78 Å². The van der Waals surface area contributed by atoms with E-state index in [9.17, 15) is 9.18 Å². The van der Waals surface area contributed by atoms with Crippen molar-refractivity contribution in [1.82, 2.24) is 4.90 Å². The molecule has 0 saturated carbocycles. The van der Waals surface area contributed by atoms with E-state index >= 15 is 0 Å². The lowest BCUT2D eigenvalue weighted by molar-refractivity contribution is 0.0840. The van der Waals surface area contributed by atoms with Gasteiger partial charge < -0.3 is 4.90 Å². The molecule has 0 aromatic heterocycles. The number of likely N-dealkylation sites (tertiary alicyclic amines) is 1. The van der Waals surface area contributed by atoms with Gasteiger partial charge in [-0.25, -0.2) is 4.39 Å². The molecule has 2 rings (SSSR count). The van der Waals surface area contributed by atoms with Crippen molar-refractivity contribution in [2.24, 2.45) is 5.92 Å². The van der Waals surface area contributed by atoms with E-state index in [4.69, 9.17) is 0 Å². The average Bonchev–Trinajstić information content (AvgIpc) is 2.40. The lowest BCUT2D eigenvalue weighted by atomic mass is 9.89. The monoisotopic (exact) mass is 249 g/mol. The van der Waals surface area contributed by atoms with Gasteiger partial charge in [-0.2, -0.15) is 0 Å². The minimum atomic E-state index is -0.288. The third kappa shape index (κ3) is 3.16. The molecule has 0 atom stereocenters. The Morgan fingerprint density at radius 1 is 1.28 bits per heavy atom. The number of Topliss-reactive ketones (excluding diaryl/α,β-unsaturated/α-hetero) is 1. The van der Waals surface area contributed by atoms with Crippen LogP contribution in [0.25, 0.3) is 0 Å². The first-order chi connectivity index (χ1) is 8.70. The fourth-order valence-electron chi connectivity index (χ4n) is 2.58. The molecule has 1 heterocycles. The van der Waals surface area contributed by atoms with Crippen molar-refractivity contribution >= 4 is 5.78 Å². The van der Waals surface area contributed by atoms with E-state index in [1.165, 1.54) is 12.1 Å². The quantitative estimate of drug-likeness (QED) is 0.764. The van der Waals surface area contributed by atoms with E-state index in [1.807, 2.05) is 0 Å². The zero-order chi connectivity index (χ0) is 13.0. The number of carbonyl (C=O) groups excluding carboxylic acids is 1. The lowest BCUT2D eigenvalue weighted by Gasteiger charge is -2.30. The summed E-state index contributed by atoms with van der Waals surface area (Å²) >= 11 is 0. The summed E-state index contributed by atoms with van der Waals surface area (Å²) in [5.74, 6) is -0.000897. The van der Waals surface area contributed by atoms with Crippen LogP contribution < -0.4 is 0 Å². The molecule has 0 bridgehead atoms. The maximum absolute atomic E-state index is 12.8. The predicted molar refractivity (Wildman–Crippen MR) is 70.2 cm³/mol. The smallest absolute Gasteiger partial charge is 0.166 e. The highest BCUT2D eigenvalue weighted by molar-refractivity contribution is 5.97. The summed E-state index contributed by atoms with van der Waals surface area (Å²) in [6, 6.07) is 5.91. The molecule has 0 N–H and O–H groups in total. The van der Waals surface area contributed by atoms with Gasteiger partial charge in [0.25, 0.3) is 0 Å². The highest BCUT2D eigenvalue weighted by atomic mass is 19.1. The first kappa shape index (κ1) is 13.2. The molecule has 0 aliphatic carbocycles. The highest BCUT2D eigenvalue weighted by Crippen LogP contribution is 2.22. The molecule has 0 spiro atoms. The molecule has 1 aromatic carbocycles. The molecule has 1 saturated heterocycles.